The Morgan fingerprint density at radius 2 is 1.53 bits per heavy atom. The number of carbonyl (C=O) groups excluding carboxylic acids is 3. The zero-order valence-electron chi connectivity index (χ0n) is 26.0. The molecule has 260 valence electrons. The number of alkyl carbamates (subject to hydrolysis) is 1. The van der Waals surface area contributed by atoms with Crippen LogP contribution >= 0.6 is 0 Å². The smallest absolute Gasteiger partial charge is 0.444 e. The molecular weight excluding hydrogens is 662 g/mol. The van der Waals surface area contributed by atoms with Crippen molar-refractivity contribution in [3.63, 3.8) is 0 Å². The SMILES string of the molecule is CC(C)(C)OC(=O)NC(CC(=O)N1CCn2c(C(F)(F)F)nc(C(=O)N3CCN(S(C)(=O)=O)CC3)c2C1)Cc1cc(F)c(F)cc1F. The highest BCUT2D eigenvalue weighted by molar-refractivity contribution is 7.88. The number of amides is 3. The molecule has 0 bridgehead atoms. The Kier molecular flexibility index (Phi) is 10.2. The summed E-state index contributed by atoms with van der Waals surface area (Å²) in [7, 11) is -3.55. The van der Waals surface area contributed by atoms with Gasteiger partial charge in [-0.1, -0.05) is 0 Å². The van der Waals surface area contributed by atoms with E-state index in [9.17, 15) is 49.1 Å². The number of ether oxygens (including phenoxy) is 1. The number of piperazine rings is 1. The van der Waals surface area contributed by atoms with Crippen LogP contribution in [0.3, 0.4) is 0 Å². The van der Waals surface area contributed by atoms with E-state index in [1.54, 1.807) is 20.8 Å². The largest absolute Gasteiger partial charge is 0.449 e. The zero-order valence-corrected chi connectivity index (χ0v) is 26.8. The predicted molar refractivity (Wildman–Crippen MR) is 153 cm³/mol. The molecule has 3 amide bonds. The third-order valence-corrected chi connectivity index (χ3v) is 8.81. The summed E-state index contributed by atoms with van der Waals surface area (Å²) in [5, 5.41) is 2.42. The summed E-state index contributed by atoms with van der Waals surface area (Å²) < 4.78 is 115. The molecule has 0 radical (unpaired) electrons. The maximum absolute atomic E-state index is 14.5. The molecule has 1 atom stereocenters. The molecular formula is C28H34F6N6O6S. The molecule has 1 saturated heterocycles. The van der Waals surface area contributed by atoms with E-state index >= 15 is 0 Å². The fourth-order valence-electron chi connectivity index (χ4n) is 5.32. The lowest BCUT2D eigenvalue weighted by Crippen LogP contribution is -2.50. The van der Waals surface area contributed by atoms with Gasteiger partial charge in [0.15, 0.2) is 17.3 Å². The van der Waals surface area contributed by atoms with Crippen LogP contribution in [-0.4, -0.2) is 101 Å². The van der Waals surface area contributed by atoms with Gasteiger partial charge in [-0.15, -0.1) is 0 Å². The number of halogens is 6. The molecule has 0 spiro atoms. The van der Waals surface area contributed by atoms with Gasteiger partial charge in [0, 0.05) is 57.8 Å². The van der Waals surface area contributed by atoms with Crippen LogP contribution in [0, 0.1) is 17.5 Å². The number of alkyl halides is 3. The first-order chi connectivity index (χ1) is 21.6. The Labute approximate surface area is 266 Å². The monoisotopic (exact) mass is 696 g/mol. The maximum Gasteiger partial charge on any atom is 0.449 e. The van der Waals surface area contributed by atoms with Crippen LogP contribution in [0.15, 0.2) is 12.1 Å². The molecule has 1 fully saturated rings. The third kappa shape index (κ3) is 8.74. The highest BCUT2D eigenvalue weighted by Gasteiger charge is 2.43. The van der Waals surface area contributed by atoms with Crippen LogP contribution in [0.5, 0.6) is 0 Å². The molecule has 1 aromatic heterocycles. The topological polar surface area (TPSA) is 134 Å². The van der Waals surface area contributed by atoms with Crippen molar-refractivity contribution in [1.82, 2.24) is 29.0 Å². The van der Waals surface area contributed by atoms with Crippen LogP contribution in [-0.2, 0) is 45.2 Å². The van der Waals surface area contributed by atoms with Crippen molar-refractivity contribution in [3.8, 4) is 0 Å². The van der Waals surface area contributed by atoms with E-state index in [4.69, 9.17) is 4.74 Å². The summed E-state index contributed by atoms with van der Waals surface area (Å²) in [6.07, 6.45) is -5.95. The number of imidazole rings is 1. The summed E-state index contributed by atoms with van der Waals surface area (Å²) in [5.74, 6) is -6.85. The van der Waals surface area contributed by atoms with Gasteiger partial charge < -0.3 is 24.4 Å². The molecule has 2 aromatic rings. The number of carbonyl (C=O) groups is 3. The van der Waals surface area contributed by atoms with Gasteiger partial charge in [0.2, 0.25) is 21.8 Å². The first-order valence-electron chi connectivity index (χ1n) is 14.5. The van der Waals surface area contributed by atoms with Crippen molar-refractivity contribution in [3.05, 3.63) is 52.4 Å². The minimum Gasteiger partial charge on any atom is -0.444 e. The van der Waals surface area contributed by atoms with Crippen molar-refractivity contribution < 1.29 is 53.9 Å². The van der Waals surface area contributed by atoms with Crippen molar-refractivity contribution in [2.75, 3.05) is 39.0 Å². The number of benzene rings is 1. The Balaban J connectivity index is 1.58. The standard InChI is InChI=1S/C28H34F6N6O6S/c1-27(2,3)46-26(43)35-17(11-16-12-19(30)20(31)14-18(16)29)13-22(41)38-7-10-40-21(15-38)23(36-25(40)28(32,33)34)24(42)37-5-8-39(9-6-37)47(4,44)45/h12,14,17H,5-11,13,15H2,1-4H3,(H,35,43). The lowest BCUT2D eigenvalue weighted by Gasteiger charge is -2.34. The molecule has 19 heteroatoms. The zero-order chi connectivity index (χ0) is 35.1. The van der Waals surface area contributed by atoms with Gasteiger partial charge in [0.1, 0.15) is 11.4 Å². The summed E-state index contributed by atoms with van der Waals surface area (Å²) in [5.41, 5.74) is -2.06. The molecule has 2 aliphatic heterocycles. The molecule has 3 heterocycles. The van der Waals surface area contributed by atoms with E-state index in [0.717, 1.165) is 20.0 Å². The minimum atomic E-state index is -4.94. The number of aromatic nitrogens is 2. The first kappa shape index (κ1) is 36.0. The molecule has 2 aliphatic rings. The first-order valence-corrected chi connectivity index (χ1v) is 16.3. The molecule has 1 N–H and O–H groups in total. The fourth-order valence-corrected chi connectivity index (χ4v) is 6.14. The van der Waals surface area contributed by atoms with Gasteiger partial charge in [-0.3, -0.25) is 9.59 Å². The second-order valence-corrected chi connectivity index (χ2v) is 14.2. The minimum absolute atomic E-state index is 0.0675. The molecule has 47 heavy (non-hydrogen) atoms. The Hall–Kier alpha value is -3.87. The lowest BCUT2D eigenvalue weighted by atomic mass is 10.0. The van der Waals surface area contributed by atoms with Gasteiger partial charge in [0.05, 0.1) is 18.5 Å². The summed E-state index contributed by atoms with van der Waals surface area (Å²) >= 11 is 0. The van der Waals surface area contributed by atoms with Crippen LogP contribution in [0.4, 0.5) is 31.1 Å². The number of fused-ring (bicyclic) bond motifs is 1. The molecule has 1 unspecified atom stereocenters. The van der Waals surface area contributed by atoms with E-state index in [1.807, 2.05) is 0 Å². The molecule has 1 aromatic carbocycles. The summed E-state index contributed by atoms with van der Waals surface area (Å²) in [6, 6.07) is -0.313. The fraction of sp³-hybridized carbons (Fsp3) is 0.571. The number of hydrogen-bond acceptors (Lipinski definition) is 7. The molecule has 0 aliphatic carbocycles. The number of hydrogen-bond donors (Lipinski definition) is 1. The van der Waals surface area contributed by atoms with Crippen LogP contribution in [0.2, 0.25) is 0 Å². The number of rotatable bonds is 7. The normalized spacial score (nSPS) is 16.9. The second kappa shape index (κ2) is 13.3. The van der Waals surface area contributed by atoms with Crippen LogP contribution in [0.25, 0.3) is 0 Å². The van der Waals surface area contributed by atoms with E-state index in [2.05, 4.69) is 10.3 Å². The van der Waals surface area contributed by atoms with Gasteiger partial charge in [-0.05, 0) is 38.8 Å². The summed E-state index contributed by atoms with van der Waals surface area (Å²) in [6.45, 7) is 3.26. The second-order valence-electron chi connectivity index (χ2n) is 12.3. The van der Waals surface area contributed by atoms with Gasteiger partial charge in [-0.25, -0.2) is 31.4 Å². The number of nitrogens with one attached hydrogen (secondary N) is 1. The predicted octanol–water partition coefficient (Wildman–Crippen LogP) is 2.90. The Bertz CT molecular complexity index is 1650. The number of nitrogens with zero attached hydrogens (tertiary/aromatic N) is 5. The number of sulfonamides is 1. The molecule has 12 nitrogen and oxygen atoms in total. The Morgan fingerprint density at radius 1 is 0.936 bits per heavy atom. The summed E-state index contributed by atoms with van der Waals surface area (Å²) in [4.78, 5) is 45.4. The van der Waals surface area contributed by atoms with Crippen molar-refractivity contribution in [2.45, 2.75) is 64.5 Å². The van der Waals surface area contributed by atoms with E-state index < -0.39 is 94.1 Å². The Morgan fingerprint density at radius 3 is 2.11 bits per heavy atom. The average Bonchev–Trinajstić information content (AvgIpc) is 3.33. The van der Waals surface area contributed by atoms with Gasteiger partial charge in [0.25, 0.3) is 5.91 Å². The van der Waals surface area contributed by atoms with Crippen molar-refractivity contribution in [2.24, 2.45) is 0 Å². The van der Waals surface area contributed by atoms with E-state index in [-0.39, 0.29) is 50.5 Å². The lowest BCUT2D eigenvalue weighted by molar-refractivity contribution is -0.148. The molecule has 4 rings (SSSR count). The van der Waals surface area contributed by atoms with Gasteiger partial charge >= 0.3 is 12.3 Å². The van der Waals surface area contributed by atoms with Crippen molar-refractivity contribution >= 4 is 27.9 Å². The quantitative estimate of drug-likeness (QED) is 0.348. The highest BCUT2D eigenvalue weighted by Crippen LogP contribution is 2.33. The average molecular weight is 697 g/mol. The van der Waals surface area contributed by atoms with E-state index in [1.165, 1.54) is 4.90 Å². The van der Waals surface area contributed by atoms with E-state index in [0.29, 0.717) is 12.1 Å². The third-order valence-electron chi connectivity index (χ3n) is 7.51. The maximum atomic E-state index is 14.5. The molecule has 0 saturated carbocycles. The van der Waals surface area contributed by atoms with Crippen molar-refractivity contribution in [1.29, 1.82) is 0 Å². The van der Waals surface area contributed by atoms with Gasteiger partial charge in [-0.2, -0.15) is 17.5 Å². The van der Waals surface area contributed by atoms with Crippen LogP contribution in [0.1, 0.15) is 54.8 Å². The highest BCUT2D eigenvalue weighted by atomic mass is 32.2. The van der Waals surface area contributed by atoms with Crippen LogP contribution < -0.4 is 5.32 Å².